The van der Waals surface area contributed by atoms with Crippen LogP contribution in [0.25, 0.3) is 11.4 Å². The molecule has 0 saturated carbocycles. The minimum atomic E-state index is 0.480. The first-order valence-corrected chi connectivity index (χ1v) is 8.10. The number of ether oxygens (including phenoxy) is 2. The van der Waals surface area contributed by atoms with E-state index in [4.69, 9.17) is 14.0 Å². The van der Waals surface area contributed by atoms with E-state index in [0.717, 1.165) is 14.7 Å². The molecule has 1 aromatic heterocycles. The number of rotatable bonds is 5. The summed E-state index contributed by atoms with van der Waals surface area (Å²) in [6.07, 6.45) is 0. The standard InChI is InChI=1S/C17H15IN2O3/c1-11-19-17(20-23-11)13-8-15(21-2)16(9-14(13)18)22-10-12-6-4-3-5-7-12/h3-9H,10H2,1-2H3. The number of halogens is 1. The van der Waals surface area contributed by atoms with E-state index in [1.54, 1.807) is 14.0 Å². The van der Waals surface area contributed by atoms with Gasteiger partial charge in [0.15, 0.2) is 11.5 Å². The van der Waals surface area contributed by atoms with Crippen molar-refractivity contribution in [2.75, 3.05) is 7.11 Å². The summed E-state index contributed by atoms with van der Waals surface area (Å²) >= 11 is 2.23. The maximum absolute atomic E-state index is 5.90. The molecule has 0 spiro atoms. The quantitative estimate of drug-likeness (QED) is 0.576. The lowest BCUT2D eigenvalue weighted by Gasteiger charge is -2.13. The van der Waals surface area contributed by atoms with Crippen LogP contribution in [0.3, 0.4) is 0 Å². The highest BCUT2D eigenvalue weighted by Crippen LogP contribution is 2.36. The summed E-state index contributed by atoms with van der Waals surface area (Å²) in [4.78, 5) is 4.26. The van der Waals surface area contributed by atoms with Gasteiger partial charge in [-0.1, -0.05) is 35.5 Å². The summed E-state index contributed by atoms with van der Waals surface area (Å²) in [6, 6.07) is 13.8. The van der Waals surface area contributed by atoms with Crippen molar-refractivity contribution in [3.63, 3.8) is 0 Å². The molecule has 0 fully saturated rings. The Morgan fingerprint density at radius 1 is 1.13 bits per heavy atom. The van der Waals surface area contributed by atoms with E-state index in [0.29, 0.717) is 29.8 Å². The molecule has 1 heterocycles. The normalized spacial score (nSPS) is 10.6. The van der Waals surface area contributed by atoms with Gasteiger partial charge < -0.3 is 14.0 Å². The van der Waals surface area contributed by atoms with Crippen molar-refractivity contribution in [2.24, 2.45) is 0 Å². The first kappa shape index (κ1) is 15.8. The fourth-order valence-corrected chi connectivity index (χ4v) is 2.80. The van der Waals surface area contributed by atoms with Crippen molar-refractivity contribution in [3.05, 3.63) is 57.5 Å². The Balaban J connectivity index is 1.88. The van der Waals surface area contributed by atoms with Crippen LogP contribution < -0.4 is 9.47 Å². The Hall–Kier alpha value is -2.09. The summed E-state index contributed by atoms with van der Waals surface area (Å²) < 4.78 is 17.4. The predicted molar refractivity (Wildman–Crippen MR) is 94.5 cm³/mol. The fraction of sp³-hybridized carbons (Fsp3) is 0.176. The summed E-state index contributed by atoms with van der Waals surface area (Å²) in [6.45, 7) is 2.24. The zero-order valence-electron chi connectivity index (χ0n) is 12.7. The Morgan fingerprint density at radius 2 is 1.91 bits per heavy atom. The monoisotopic (exact) mass is 422 g/mol. The van der Waals surface area contributed by atoms with E-state index >= 15 is 0 Å². The van der Waals surface area contributed by atoms with Crippen molar-refractivity contribution in [1.29, 1.82) is 0 Å². The summed E-state index contributed by atoms with van der Waals surface area (Å²) in [5.74, 6) is 2.39. The average Bonchev–Trinajstić information content (AvgIpc) is 3.00. The second-order valence-electron chi connectivity index (χ2n) is 4.89. The third-order valence-corrected chi connectivity index (χ3v) is 4.15. The Kier molecular flexibility index (Phi) is 4.80. The molecule has 0 unspecified atom stereocenters. The van der Waals surface area contributed by atoms with E-state index in [1.807, 2.05) is 42.5 Å². The third kappa shape index (κ3) is 3.64. The minimum Gasteiger partial charge on any atom is -0.493 e. The van der Waals surface area contributed by atoms with Crippen LogP contribution in [0.2, 0.25) is 0 Å². The van der Waals surface area contributed by atoms with Gasteiger partial charge in [-0.25, -0.2) is 0 Å². The molecule has 0 aliphatic heterocycles. The van der Waals surface area contributed by atoms with Gasteiger partial charge in [-0.3, -0.25) is 0 Å². The van der Waals surface area contributed by atoms with Crippen LogP contribution in [-0.4, -0.2) is 17.3 Å². The second kappa shape index (κ2) is 6.99. The van der Waals surface area contributed by atoms with Crippen LogP contribution >= 0.6 is 22.6 Å². The van der Waals surface area contributed by atoms with Gasteiger partial charge in [0.05, 0.1) is 7.11 Å². The number of benzene rings is 2. The maximum Gasteiger partial charge on any atom is 0.223 e. The lowest BCUT2D eigenvalue weighted by molar-refractivity contribution is 0.284. The largest absolute Gasteiger partial charge is 0.493 e. The maximum atomic E-state index is 5.90. The van der Waals surface area contributed by atoms with E-state index in [2.05, 4.69) is 32.7 Å². The van der Waals surface area contributed by atoms with Gasteiger partial charge in [0, 0.05) is 16.1 Å². The number of aryl methyl sites for hydroxylation is 1. The fourth-order valence-electron chi connectivity index (χ4n) is 2.12. The van der Waals surface area contributed by atoms with E-state index in [-0.39, 0.29) is 0 Å². The van der Waals surface area contributed by atoms with Gasteiger partial charge in [0.1, 0.15) is 6.61 Å². The third-order valence-electron chi connectivity index (χ3n) is 3.26. The molecule has 0 aliphatic carbocycles. The van der Waals surface area contributed by atoms with Crippen LogP contribution in [0.15, 0.2) is 47.0 Å². The van der Waals surface area contributed by atoms with Crippen molar-refractivity contribution in [3.8, 4) is 22.9 Å². The van der Waals surface area contributed by atoms with Crippen LogP contribution in [0.4, 0.5) is 0 Å². The molecule has 0 atom stereocenters. The van der Waals surface area contributed by atoms with Crippen LogP contribution in [-0.2, 0) is 6.61 Å². The molecule has 2 aromatic carbocycles. The lowest BCUT2D eigenvalue weighted by Crippen LogP contribution is -1.99. The Morgan fingerprint density at radius 3 is 2.57 bits per heavy atom. The van der Waals surface area contributed by atoms with E-state index in [1.165, 1.54) is 0 Å². The predicted octanol–water partition coefficient (Wildman–Crippen LogP) is 4.24. The summed E-state index contributed by atoms with van der Waals surface area (Å²) in [5.41, 5.74) is 1.95. The molecular formula is C17H15IN2O3. The van der Waals surface area contributed by atoms with Crippen molar-refractivity contribution in [1.82, 2.24) is 10.1 Å². The highest BCUT2D eigenvalue weighted by Gasteiger charge is 2.15. The number of methoxy groups -OCH3 is 1. The molecule has 3 aromatic rings. The van der Waals surface area contributed by atoms with Crippen molar-refractivity contribution >= 4 is 22.6 Å². The topological polar surface area (TPSA) is 57.4 Å². The molecule has 0 saturated heterocycles. The zero-order chi connectivity index (χ0) is 16.2. The number of nitrogens with zero attached hydrogens (tertiary/aromatic N) is 2. The molecule has 3 rings (SSSR count). The lowest BCUT2D eigenvalue weighted by atomic mass is 10.2. The van der Waals surface area contributed by atoms with Crippen LogP contribution in [0, 0.1) is 10.5 Å². The molecule has 6 heteroatoms. The van der Waals surface area contributed by atoms with Gasteiger partial charge in [0.2, 0.25) is 11.7 Å². The summed E-state index contributed by atoms with van der Waals surface area (Å²) in [7, 11) is 1.61. The van der Waals surface area contributed by atoms with Crippen molar-refractivity contribution in [2.45, 2.75) is 13.5 Å². The first-order chi connectivity index (χ1) is 11.2. The van der Waals surface area contributed by atoms with Gasteiger partial charge in [-0.05, 0) is 40.3 Å². The van der Waals surface area contributed by atoms with Gasteiger partial charge in [-0.2, -0.15) is 4.98 Å². The zero-order valence-corrected chi connectivity index (χ0v) is 14.9. The molecule has 0 N–H and O–H groups in total. The summed E-state index contributed by atoms with van der Waals surface area (Å²) in [5, 5.41) is 3.96. The SMILES string of the molecule is COc1cc(-c2noc(C)n2)c(I)cc1OCc1ccccc1. The van der Waals surface area contributed by atoms with Crippen LogP contribution in [0.1, 0.15) is 11.5 Å². The smallest absolute Gasteiger partial charge is 0.223 e. The molecular weight excluding hydrogens is 407 g/mol. The molecule has 0 radical (unpaired) electrons. The van der Waals surface area contributed by atoms with Gasteiger partial charge in [-0.15, -0.1) is 0 Å². The number of hydrogen-bond donors (Lipinski definition) is 0. The van der Waals surface area contributed by atoms with Crippen molar-refractivity contribution < 1.29 is 14.0 Å². The van der Waals surface area contributed by atoms with Gasteiger partial charge in [0.25, 0.3) is 0 Å². The number of aromatic nitrogens is 2. The Labute approximate surface area is 147 Å². The average molecular weight is 422 g/mol. The molecule has 118 valence electrons. The second-order valence-corrected chi connectivity index (χ2v) is 6.06. The first-order valence-electron chi connectivity index (χ1n) is 7.02. The molecule has 23 heavy (non-hydrogen) atoms. The van der Waals surface area contributed by atoms with Gasteiger partial charge >= 0.3 is 0 Å². The van der Waals surface area contributed by atoms with E-state index < -0.39 is 0 Å². The highest BCUT2D eigenvalue weighted by molar-refractivity contribution is 14.1. The highest BCUT2D eigenvalue weighted by atomic mass is 127. The molecule has 0 amide bonds. The molecule has 0 bridgehead atoms. The Bertz CT molecular complexity index is 803. The minimum absolute atomic E-state index is 0.480. The van der Waals surface area contributed by atoms with E-state index in [9.17, 15) is 0 Å². The number of hydrogen-bond acceptors (Lipinski definition) is 5. The molecule has 5 nitrogen and oxygen atoms in total. The molecule has 0 aliphatic rings. The van der Waals surface area contributed by atoms with Crippen LogP contribution in [0.5, 0.6) is 11.5 Å².